The van der Waals surface area contributed by atoms with Crippen LogP contribution in [-0.4, -0.2) is 17.0 Å². The number of carbonyl (C=O) groups is 1. The molecule has 0 aromatic rings. The second-order valence-corrected chi connectivity index (χ2v) is 8.61. The molecule has 0 amide bonds. The highest BCUT2D eigenvalue weighted by molar-refractivity contribution is 5.91. The molecule has 0 bridgehead atoms. The van der Waals surface area contributed by atoms with Crippen LogP contribution in [0.4, 0.5) is 0 Å². The monoisotopic (exact) mass is 291 g/mol. The molecule has 0 radical (unpaired) electrons. The van der Waals surface area contributed by atoms with Gasteiger partial charge in [0.15, 0.2) is 5.78 Å². The zero-order valence-electron chi connectivity index (χ0n) is 13.4. The molecule has 4 rings (SSSR count). The van der Waals surface area contributed by atoms with Crippen molar-refractivity contribution in [1.29, 1.82) is 0 Å². The van der Waals surface area contributed by atoms with E-state index in [2.05, 4.69) is 13.8 Å². The van der Waals surface area contributed by atoms with E-state index >= 15 is 0 Å². The first-order valence-electron chi connectivity index (χ1n) is 8.87. The number of fused-ring (bicyclic) bond motifs is 5. The molecule has 0 aromatic heterocycles. The van der Waals surface area contributed by atoms with Gasteiger partial charge in [0.2, 0.25) is 0 Å². The van der Waals surface area contributed by atoms with Crippen molar-refractivity contribution < 1.29 is 9.90 Å². The Kier molecular flexibility index (Phi) is 2.96. The van der Waals surface area contributed by atoms with Gasteiger partial charge in [0.1, 0.15) is 0 Å². The van der Waals surface area contributed by atoms with E-state index in [1.807, 2.05) is 6.08 Å². The van der Waals surface area contributed by atoms with Crippen molar-refractivity contribution in [1.82, 2.24) is 0 Å². The van der Waals surface area contributed by atoms with E-state index in [4.69, 9.17) is 0 Å². The second kappa shape index (κ2) is 4.44. The fourth-order valence-corrected chi connectivity index (χ4v) is 6.53. The largest absolute Gasteiger partial charge is 0.393 e. The summed E-state index contributed by atoms with van der Waals surface area (Å²) in [4.78, 5) is 11.8. The van der Waals surface area contributed by atoms with Gasteiger partial charge in [-0.15, -0.1) is 0 Å². The predicted octanol–water partition coefficient (Wildman–Crippen LogP) is 3.88. The number of aliphatic hydroxyl groups is 1. The van der Waals surface area contributed by atoms with Crippen LogP contribution in [0.25, 0.3) is 0 Å². The lowest BCUT2D eigenvalue weighted by atomic mass is 9.49. The van der Waals surface area contributed by atoms with Gasteiger partial charge in [-0.2, -0.15) is 0 Å². The molecule has 0 aromatic carbocycles. The lowest BCUT2D eigenvalue weighted by Gasteiger charge is -2.57. The van der Waals surface area contributed by atoms with Gasteiger partial charge in [0, 0.05) is 6.42 Å². The predicted molar refractivity (Wildman–Crippen MR) is 82.7 cm³/mol. The molecule has 3 saturated carbocycles. The summed E-state index contributed by atoms with van der Waals surface area (Å²) in [5, 5.41) is 10.4. The summed E-state index contributed by atoms with van der Waals surface area (Å²) >= 11 is 0. The van der Waals surface area contributed by atoms with Crippen molar-refractivity contribution in [3.63, 3.8) is 0 Å². The molecule has 4 aliphatic rings. The lowest BCUT2D eigenvalue weighted by Crippen LogP contribution is -2.51. The van der Waals surface area contributed by atoms with Crippen LogP contribution in [0.1, 0.15) is 65.2 Å². The number of allylic oxidation sites excluding steroid dienone is 1. The molecule has 2 nitrogen and oxygen atoms in total. The Balaban J connectivity index is 1.69. The molecule has 0 spiro atoms. The summed E-state index contributed by atoms with van der Waals surface area (Å²) < 4.78 is 0. The zero-order chi connectivity index (χ0) is 14.8. The van der Waals surface area contributed by atoms with Gasteiger partial charge in [-0.1, -0.05) is 19.4 Å². The third kappa shape index (κ3) is 1.78. The Labute approximate surface area is 128 Å². The Morgan fingerprint density at radius 1 is 1.05 bits per heavy atom. The summed E-state index contributed by atoms with van der Waals surface area (Å²) in [5.41, 5.74) is 1.89. The summed E-state index contributed by atoms with van der Waals surface area (Å²) in [6, 6.07) is 0. The molecule has 21 heavy (non-hydrogen) atoms. The maximum Gasteiger partial charge on any atom is 0.155 e. The molecule has 4 unspecified atom stereocenters. The average molecular weight is 291 g/mol. The van der Waals surface area contributed by atoms with Gasteiger partial charge in [-0.25, -0.2) is 0 Å². The average Bonchev–Trinajstić information content (AvgIpc) is 2.76. The highest BCUT2D eigenvalue weighted by Crippen LogP contribution is 2.65. The lowest BCUT2D eigenvalue weighted by molar-refractivity contribution is -0.118. The van der Waals surface area contributed by atoms with Gasteiger partial charge in [0.25, 0.3) is 0 Å². The van der Waals surface area contributed by atoms with E-state index in [1.54, 1.807) is 0 Å². The summed E-state index contributed by atoms with van der Waals surface area (Å²) in [7, 11) is 0. The zero-order valence-corrected chi connectivity index (χ0v) is 13.4. The second-order valence-electron chi connectivity index (χ2n) is 8.61. The number of hydrogen-bond acceptors (Lipinski definition) is 2. The first-order chi connectivity index (χ1) is 9.95. The summed E-state index contributed by atoms with van der Waals surface area (Å²) in [5.74, 6) is 2.57. The maximum atomic E-state index is 11.8. The number of aliphatic hydroxyl groups excluding tert-OH is 1. The van der Waals surface area contributed by atoms with Gasteiger partial charge in [-0.3, -0.25) is 4.79 Å². The Morgan fingerprint density at radius 2 is 1.86 bits per heavy atom. The van der Waals surface area contributed by atoms with Gasteiger partial charge >= 0.3 is 0 Å². The standard InChI is InChI=1S/C19H28O2/c1-18-9-7-13(20)11-12(18)3-4-14-15-5-6-17(21)19(15,2)10-8-16(14)18/h11,14-17,21H,3-10H2,1-2H3/t14?,15?,16?,17?,18-,19-/m0/s1/i7+1,11+1,13+1. The normalized spacial score (nSPS) is 52.7. The Morgan fingerprint density at radius 3 is 2.67 bits per heavy atom. The van der Waals surface area contributed by atoms with Gasteiger partial charge in [-0.05, 0) is 79.6 Å². The Bertz CT molecular complexity index is 508. The molecule has 1 N–H and O–H groups in total. The molecule has 0 saturated heterocycles. The molecular formula is C19H28O2. The highest BCUT2D eigenvalue weighted by atomic mass is 16.3. The molecule has 2 heteroatoms. The molecule has 3 fully saturated rings. The van der Waals surface area contributed by atoms with E-state index < -0.39 is 0 Å². The van der Waals surface area contributed by atoms with Gasteiger partial charge in [0.05, 0.1) is 6.10 Å². The number of rotatable bonds is 0. The molecule has 0 aliphatic heterocycles. The maximum absolute atomic E-state index is 11.8. The Hall–Kier alpha value is -0.630. The van der Waals surface area contributed by atoms with E-state index in [-0.39, 0.29) is 16.9 Å². The first-order valence-corrected chi connectivity index (χ1v) is 8.87. The highest BCUT2D eigenvalue weighted by Gasteiger charge is 2.58. The van der Waals surface area contributed by atoms with Gasteiger partial charge < -0.3 is 5.11 Å². The SMILES string of the molecule is C[C@]12CCC3C(CCC4=[13CH][13C](=O)[13CH2]C[C@@]43C)C1CCC2O. The molecule has 6 atom stereocenters. The molecule has 4 aliphatic carbocycles. The minimum Gasteiger partial charge on any atom is -0.393 e. The van der Waals surface area contributed by atoms with Crippen molar-refractivity contribution in [3.05, 3.63) is 11.6 Å². The van der Waals surface area contributed by atoms with Crippen molar-refractivity contribution >= 4 is 5.78 Å². The third-order valence-corrected chi connectivity index (χ3v) is 7.91. The van der Waals surface area contributed by atoms with Crippen molar-refractivity contribution in [2.75, 3.05) is 0 Å². The fraction of sp³-hybridized carbons (Fsp3) is 0.842. The van der Waals surface area contributed by atoms with E-state index in [0.717, 1.165) is 37.5 Å². The van der Waals surface area contributed by atoms with E-state index in [0.29, 0.717) is 11.7 Å². The van der Waals surface area contributed by atoms with Crippen molar-refractivity contribution in [3.8, 4) is 0 Å². The van der Waals surface area contributed by atoms with E-state index in [1.165, 1.54) is 31.3 Å². The van der Waals surface area contributed by atoms with Crippen molar-refractivity contribution in [2.45, 2.75) is 71.3 Å². The molecule has 116 valence electrons. The third-order valence-electron chi connectivity index (χ3n) is 7.91. The number of hydrogen-bond donors (Lipinski definition) is 1. The number of carbonyl (C=O) groups excluding carboxylic acids is 1. The number of ketones is 1. The van der Waals surface area contributed by atoms with Crippen LogP contribution in [0.2, 0.25) is 0 Å². The first kappa shape index (κ1) is 14.0. The van der Waals surface area contributed by atoms with Crippen LogP contribution in [0.5, 0.6) is 0 Å². The van der Waals surface area contributed by atoms with Crippen LogP contribution in [0.15, 0.2) is 11.6 Å². The molecule has 0 heterocycles. The summed E-state index contributed by atoms with van der Waals surface area (Å²) in [6.45, 7) is 4.76. The summed E-state index contributed by atoms with van der Waals surface area (Å²) in [6.07, 6.45) is 10.7. The van der Waals surface area contributed by atoms with Crippen LogP contribution in [-0.2, 0) is 4.79 Å². The van der Waals surface area contributed by atoms with Crippen LogP contribution in [0, 0.1) is 28.6 Å². The van der Waals surface area contributed by atoms with E-state index in [9.17, 15) is 9.90 Å². The smallest absolute Gasteiger partial charge is 0.155 e. The minimum atomic E-state index is -0.0823. The minimum absolute atomic E-state index is 0.0823. The fourth-order valence-electron chi connectivity index (χ4n) is 6.53. The van der Waals surface area contributed by atoms with Crippen LogP contribution in [0.3, 0.4) is 0 Å². The topological polar surface area (TPSA) is 37.3 Å². The molecular weight excluding hydrogens is 263 g/mol. The van der Waals surface area contributed by atoms with Crippen molar-refractivity contribution in [2.24, 2.45) is 28.6 Å². The van der Waals surface area contributed by atoms with Crippen LogP contribution < -0.4 is 0 Å². The van der Waals surface area contributed by atoms with Crippen LogP contribution >= 0.6 is 0 Å². The quantitative estimate of drug-likeness (QED) is 0.688.